The number of ether oxygens (including phenoxy) is 1. The molecule has 0 unspecified atom stereocenters. The summed E-state index contributed by atoms with van der Waals surface area (Å²) in [7, 11) is 0. The topological polar surface area (TPSA) is 103 Å². The van der Waals surface area contributed by atoms with Crippen LogP contribution in [0.15, 0.2) is 24.3 Å². The van der Waals surface area contributed by atoms with Crippen LogP contribution in [0.2, 0.25) is 0 Å². The Labute approximate surface area is 153 Å². The van der Waals surface area contributed by atoms with Gasteiger partial charge in [0.05, 0.1) is 0 Å². The minimum atomic E-state index is -1.29. The molecule has 0 bridgehead atoms. The molecule has 1 aliphatic heterocycles. The highest BCUT2D eigenvalue weighted by atomic mass is 127. The molecule has 24 heavy (non-hydrogen) atoms. The average molecular weight is 443 g/mol. The van der Waals surface area contributed by atoms with Gasteiger partial charge in [0, 0.05) is 36.2 Å². The van der Waals surface area contributed by atoms with Gasteiger partial charge in [-0.15, -0.1) is 0 Å². The molecule has 0 atom stereocenters. The van der Waals surface area contributed by atoms with E-state index in [1.165, 1.54) is 0 Å². The lowest BCUT2D eigenvalue weighted by Gasteiger charge is -2.37. The lowest BCUT2D eigenvalue weighted by atomic mass is 9.88. The number of hydrogen-bond acceptors (Lipinski definition) is 4. The lowest BCUT2D eigenvalue weighted by molar-refractivity contribution is -0.139. The highest BCUT2D eigenvalue weighted by Gasteiger charge is 2.44. The number of nitrogens with zero attached hydrogens (tertiary/aromatic N) is 2. The first-order valence-corrected chi connectivity index (χ1v) is 8.60. The van der Waals surface area contributed by atoms with Crippen LogP contribution in [0.1, 0.15) is 18.4 Å². The van der Waals surface area contributed by atoms with Gasteiger partial charge in [0.1, 0.15) is 5.54 Å². The van der Waals surface area contributed by atoms with Gasteiger partial charge in [-0.3, -0.25) is 4.79 Å². The number of carbonyl (C=O) groups excluding carboxylic acids is 1. The van der Waals surface area contributed by atoms with E-state index in [0.717, 1.165) is 14.0 Å². The molecule has 0 radical (unpaired) electrons. The molecule has 0 aliphatic carbocycles. The van der Waals surface area contributed by atoms with E-state index in [2.05, 4.69) is 27.9 Å². The number of benzene rings is 1. The summed E-state index contributed by atoms with van der Waals surface area (Å²) >= 11 is 2.21. The van der Waals surface area contributed by atoms with E-state index >= 15 is 0 Å². The minimum Gasteiger partial charge on any atom is -0.465 e. The van der Waals surface area contributed by atoms with E-state index in [1.807, 2.05) is 30.5 Å². The molecule has 1 heterocycles. The Balaban J connectivity index is 2.09. The van der Waals surface area contributed by atoms with Crippen molar-refractivity contribution >= 4 is 34.6 Å². The van der Waals surface area contributed by atoms with Crippen molar-refractivity contribution in [3.8, 4) is 6.19 Å². The zero-order valence-electron chi connectivity index (χ0n) is 13.0. The lowest BCUT2D eigenvalue weighted by Crippen LogP contribution is -2.61. The molecule has 2 N–H and O–H groups in total. The van der Waals surface area contributed by atoms with Gasteiger partial charge in [-0.1, -0.05) is 12.1 Å². The maximum absolute atomic E-state index is 12.8. The number of carbonyl (C=O) groups is 2. The number of nitriles is 1. The van der Waals surface area contributed by atoms with Crippen LogP contribution in [-0.4, -0.2) is 47.3 Å². The second-order valence-electron chi connectivity index (χ2n) is 5.56. The van der Waals surface area contributed by atoms with Crippen LogP contribution in [0, 0.1) is 15.0 Å². The Morgan fingerprint density at radius 2 is 1.96 bits per heavy atom. The molecule has 1 saturated heterocycles. The van der Waals surface area contributed by atoms with Crippen molar-refractivity contribution in [3.63, 3.8) is 0 Å². The highest BCUT2D eigenvalue weighted by Crippen LogP contribution is 2.23. The van der Waals surface area contributed by atoms with Crippen molar-refractivity contribution in [2.45, 2.75) is 24.8 Å². The van der Waals surface area contributed by atoms with E-state index in [1.54, 1.807) is 0 Å². The van der Waals surface area contributed by atoms with E-state index in [0.29, 0.717) is 6.42 Å². The van der Waals surface area contributed by atoms with Gasteiger partial charge in [0.25, 0.3) is 5.91 Å². The molecule has 2 rings (SSSR count). The predicted octanol–water partition coefficient (Wildman–Crippen LogP) is 1.96. The van der Waals surface area contributed by atoms with Gasteiger partial charge in [0.15, 0.2) is 6.19 Å². The maximum atomic E-state index is 12.8. The van der Waals surface area contributed by atoms with E-state index in [-0.39, 0.29) is 32.6 Å². The highest BCUT2D eigenvalue weighted by molar-refractivity contribution is 14.1. The molecule has 0 aromatic heterocycles. The van der Waals surface area contributed by atoms with Crippen molar-refractivity contribution < 1.29 is 19.4 Å². The van der Waals surface area contributed by atoms with Gasteiger partial charge < -0.3 is 15.2 Å². The van der Waals surface area contributed by atoms with Crippen LogP contribution in [0.5, 0.6) is 0 Å². The molecule has 2 amide bonds. The van der Waals surface area contributed by atoms with Gasteiger partial charge >= 0.3 is 6.09 Å². The van der Waals surface area contributed by atoms with E-state index < -0.39 is 17.5 Å². The Hall–Kier alpha value is -1.86. The van der Waals surface area contributed by atoms with E-state index in [4.69, 9.17) is 9.84 Å². The fraction of sp³-hybridized carbons (Fsp3) is 0.438. The summed E-state index contributed by atoms with van der Waals surface area (Å²) in [6.07, 6.45) is 1.58. The summed E-state index contributed by atoms with van der Waals surface area (Å²) in [5.74, 6) is -0.513. The Morgan fingerprint density at radius 1 is 1.33 bits per heavy atom. The molecule has 8 heteroatoms. The molecule has 1 aromatic carbocycles. The summed E-state index contributed by atoms with van der Waals surface area (Å²) in [4.78, 5) is 24.9. The summed E-state index contributed by atoms with van der Waals surface area (Å²) in [5.41, 5.74) is -0.276. The van der Waals surface area contributed by atoms with Crippen LogP contribution < -0.4 is 5.32 Å². The number of rotatable bonds is 5. The van der Waals surface area contributed by atoms with Crippen LogP contribution in [0.3, 0.4) is 0 Å². The quantitative estimate of drug-likeness (QED) is 0.412. The first-order valence-electron chi connectivity index (χ1n) is 7.52. The van der Waals surface area contributed by atoms with Gasteiger partial charge in [-0.25, -0.2) is 9.69 Å². The number of halogens is 1. The van der Waals surface area contributed by atoms with Crippen molar-refractivity contribution in [2.24, 2.45) is 0 Å². The van der Waals surface area contributed by atoms with Crippen LogP contribution in [-0.2, 0) is 16.0 Å². The molecular formula is C16H18IN3O4. The summed E-state index contributed by atoms with van der Waals surface area (Å²) < 4.78 is 6.33. The van der Waals surface area contributed by atoms with Crippen molar-refractivity contribution in [1.29, 1.82) is 5.26 Å². The molecule has 1 aromatic rings. The smallest absolute Gasteiger partial charge is 0.405 e. The second kappa shape index (κ2) is 8.30. The largest absolute Gasteiger partial charge is 0.465 e. The fourth-order valence-corrected chi connectivity index (χ4v) is 3.02. The van der Waals surface area contributed by atoms with Crippen LogP contribution in [0.25, 0.3) is 0 Å². The second-order valence-corrected chi connectivity index (χ2v) is 6.80. The summed E-state index contributed by atoms with van der Waals surface area (Å²) in [6.45, 7) is 0.769. The maximum Gasteiger partial charge on any atom is 0.405 e. The van der Waals surface area contributed by atoms with Gasteiger partial charge in [0.2, 0.25) is 0 Å². The summed E-state index contributed by atoms with van der Waals surface area (Å²) in [6, 6.07) is 7.81. The molecule has 7 nitrogen and oxygen atoms in total. The minimum absolute atomic E-state index is 0.208. The molecule has 1 aliphatic rings. The average Bonchev–Trinajstić information content (AvgIpc) is 2.57. The SMILES string of the molecule is N#CN(CCc1ccc(I)cc1)C(=O)C1(NC(=O)O)CCOCC1. The molecular weight excluding hydrogens is 425 g/mol. The summed E-state index contributed by atoms with van der Waals surface area (Å²) in [5, 5.41) is 20.7. The van der Waals surface area contributed by atoms with Crippen molar-refractivity contribution in [2.75, 3.05) is 19.8 Å². The third kappa shape index (κ3) is 4.58. The number of hydrogen-bond donors (Lipinski definition) is 2. The van der Waals surface area contributed by atoms with Crippen LogP contribution in [0.4, 0.5) is 4.79 Å². The first-order chi connectivity index (χ1) is 11.5. The predicted molar refractivity (Wildman–Crippen MR) is 94.1 cm³/mol. The monoisotopic (exact) mass is 443 g/mol. The molecule has 0 saturated carbocycles. The number of amides is 2. The third-order valence-corrected chi connectivity index (χ3v) is 4.72. The third-order valence-electron chi connectivity index (χ3n) is 4.01. The van der Waals surface area contributed by atoms with Gasteiger partial charge in [-0.2, -0.15) is 5.26 Å². The molecule has 1 fully saturated rings. The van der Waals surface area contributed by atoms with Gasteiger partial charge in [-0.05, 0) is 46.7 Å². The van der Waals surface area contributed by atoms with Crippen molar-refractivity contribution in [3.05, 3.63) is 33.4 Å². The Morgan fingerprint density at radius 3 is 2.50 bits per heavy atom. The van der Waals surface area contributed by atoms with Crippen LogP contribution >= 0.6 is 22.6 Å². The number of nitrogens with one attached hydrogen (secondary N) is 1. The Bertz CT molecular complexity index is 636. The van der Waals surface area contributed by atoms with Crippen molar-refractivity contribution in [1.82, 2.24) is 10.2 Å². The molecule has 128 valence electrons. The number of carboxylic acid groups (broad SMARTS) is 1. The standard InChI is InChI=1S/C16H18IN3O4/c17-13-3-1-12(2-4-13)5-8-20(11-18)14(21)16(19-15(22)23)6-9-24-10-7-16/h1-4,19H,5-10H2,(H,22,23). The van der Waals surface area contributed by atoms with E-state index in [9.17, 15) is 14.9 Å². The normalized spacial score (nSPS) is 16.0. The molecule has 0 spiro atoms. The first kappa shape index (κ1) is 18.5. The zero-order valence-corrected chi connectivity index (χ0v) is 15.2. The Kier molecular flexibility index (Phi) is 6.39. The zero-order chi connectivity index (χ0) is 17.6. The fourth-order valence-electron chi connectivity index (χ4n) is 2.66.